The SMILES string of the molecule is Cc1ccccc1NC(=O)O[Si](C)(C)C. The Bertz CT molecular complexity index is 358. The van der Waals surface area contributed by atoms with Crippen molar-refractivity contribution in [2.75, 3.05) is 5.32 Å². The second kappa shape index (κ2) is 4.48. The van der Waals surface area contributed by atoms with Crippen molar-refractivity contribution < 1.29 is 9.22 Å². The van der Waals surface area contributed by atoms with Gasteiger partial charge in [-0.2, -0.15) is 0 Å². The fourth-order valence-corrected chi connectivity index (χ4v) is 1.73. The lowest BCUT2D eigenvalue weighted by Gasteiger charge is -2.18. The molecule has 1 aromatic rings. The Morgan fingerprint density at radius 2 is 1.87 bits per heavy atom. The van der Waals surface area contributed by atoms with E-state index in [0.717, 1.165) is 11.3 Å². The number of hydrogen-bond donors (Lipinski definition) is 1. The van der Waals surface area contributed by atoms with Gasteiger partial charge in [0, 0.05) is 5.69 Å². The quantitative estimate of drug-likeness (QED) is 0.781. The monoisotopic (exact) mass is 223 g/mol. The number of anilines is 1. The summed E-state index contributed by atoms with van der Waals surface area (Å²) in [6, 6.07) is 7.63. The molecule has 0 saturated heterocycles. The summed E-state index contributed by atoms with van der Waals surface area (Å²) < 4.78 is 5.29. The smallest absolute Gasteiger partial charge is 0.398 e. The third-order valence-corrected chi connectivity index (χ3v) is 2.58. The van der Waals surface area contributed by atoms with E-state index in [2.05, 4.69) is 5.32 Å². The Labute approximate surface area is 91.6 Å². The van der Waals surface area contributed by atoms with E-state index in [-0.39, 0.29) is 6.09 Å². The van der Waals surface area contributed by atoms with Crippen LogP contribution in [0.15, 0.2) is 24.3 Å². The predicted octanol–water partition coefficient (Wildman–Crippen LogP) is 3.38. The van der Waals surface area contributed by atoms with Crippen LogP contribution in [0.1, 0.15) is 5.56 Å². The maximum atomic E-state index is 11.5. The second-order valence-corrected chi connectivity index (χ2v) is 8.87. The van der Waals surface area contributed by atoms with E-state index in [0.29, 0.717) is 0 Å². The Morgan fingerprint density at radius 1 is 1.27 bits per heavy atom. The van der Waals surface area contributed by atoms with Crippen molar-refractivity contribution >= 4 is 20.1 Å². The lowest BCUT2D eigenvalue weighted by molar-refractivity contribution is 0.213. The van der Waals surface area contributed by atoms with Gasteiger partial charge in [-0.25, -0.2) is 4.79 Å². The molecule has 0 heterocycles. The number of hydrogen-bond acceptors (Lipinski definition) is 2. The number of rotatable bonds is 2. The van der Waals surface area contributed by atoms with Crippen LogP contribution in [0.3, 0.4) is 0 Å². The summed E-state index contributed by atoms with van der Waals surface area (Å²) in [4.78, 5) is 11.5. The largest absolute Gasteiger partial charge is 0.504 e. The average Bonchev–Trinajstić information content (AvgIpc) is 2.05. The van der Waals surface area contributed by atoms with Crippen molar-refractivity contribution in [2.45, 2.75) is 26.6 Å². The summed E-state index contributed by atoms with van der Waals surface area (Å²) in [6.45, 7) is 7.88. The first-order valence-electron chi connectivity index (χ1n) is 4.94. The Kier molecular flexibility index (Phi) is 3.52. The number of benzene rings is 1. The van der Waals surface area contributed by atoms with Gasteiger partial charge >= 0.3 is 6.09 Å². The molecule has 0 aliphatic heterocycles. The molecule has 0 spiro atoms. The molecule has 0 aliphatic rings. The molecule has 0 radical (unpaired) electrons. The Morgan fingerprint density at radius 3 is 2.40 bits per heavy atom. The maximum Gasteiger partial charge on any atom is 0.398 e. The van der Waals surface area contributed by atoms with Crippen LogP contribution in [-0.2, 0) is 4.43 Å². The molecule has 0 fully saturated rings. The third kappa shape index (κ3) is 4.16. The summed E-state index contributed by atoms with van der Waals surface area (Å²) in [6.07, 6.45) is -0.358. The van der Waals surface area contributed by atoms with E-state index < -0.39 is 8.32 Å². The molecule has 0 aliphatic carbocycles. The number of nitrogens with one attached hydrogen (secondary N) is 1. The van der Waals surface area contributed by atoms with E-state index in [9.17, 15) is 4.79 Å². The van der Waals surface area contributed by atoms with Gasteiger partial charge in [0.05, 0.1) is 0 Å². The lowest BCUT2D eigenvalue weighted by atomic mass is 10.2. The lowest BCUT2D eigenvalue weighted by Crippen LogP contribution is -2.31. The van der Waals surface area contributed by atoms with Crippen LogP contribution in [0.2, 0.25) is 19.6 Å². The molecule has 4 heteroatoms. The molecular formula is C11H17NO2Si. The van der Waals surface area contributed by atoms with Crippen LogP contribution in [0.25, 0.3) is 0 Å². The van der Waals surface area contributed by atoms with Gasteiger partial charge in [0.25, 0.3) is 0 Å². The molecule has 0 bridgehead atoms. The van der Waals surface area contributed by atoms with E-state index in [1.807, 2.05) is 50.8 Å². The first-order valence-corrected chi connectivity index (χ1v) is 8.35. The molecule has 1 N–H and O–H groups in total. The maximum absolute atomic E-state index is 11.5. The molecule has 15 heavy (non-hydrogen) atoms. The van der Waals surface area contributed by atoms with Gasteiger partial charge < -0.3 is 4.43 Å². The second-order valence-electron chi connectivity index (χ2n) is 4.44. The van der Waals surface area contributed by atoms with Crippen LogP contribution in [0.4, 0.5) is 10.5 Å². The molecule has 0 aromatic heterocycles. The molecule has 1 rings (SSSR count). The third-order valence-electron chi connectivity index (χ3n) is 1.78. The first-order chi connectivity index (χ1) is 6.88. The van der Waals surface area contributed by atoms with Crippen LogP contribution < -0.4 is 5.32 Å². The Hall–Kier alpha value is -1.29. The normalized spacial score (nSPS) is 10.9. The number of amides is 1. The topological polar surface area (TPSA) is 38.3 Å². The summed E-state index contributed by atoms with van der Waals surface area (Å²) in [7, 11) is -1.80. The summed E-state index contributed by atoms with van der Waals surface area (Å²) in [5.74, 6) is 0. The number of aryl methyl sites for hydroxylation is 1. The van der Waals surface area contributed by atoms with Crippen LogP contribution >= 0.6 is 0 Å². The molecule has 0 saturated carbocycles. The molecule has 1 amide bonds. The van der Waals surface area contributed by atoms with Gasteiger partial charge in [0.1, 0.15) is 0 Å². The van der Waals surface area contributed by atoms with Gasteiger partial charge in [0.2, 0.25) is 8.32 Å². The zero-order chi connectivity index (χ0) is 11.5. The van der Waals surface area contributed by atoms with Crippen LogP contribution in [0.5, 0.6) is 0 Å². The van der Waals surface area contributed by atoms with Crippen molar-refractivity contribution in [3.8, 4) is 0 Å². The highest BCUT2D eigenvalue weighted by Gasteiger charge is 2.19. The fraction of sp³-hybridized carbons (Fsp3) is 0.364. The number of para-hydroxylation sites is 1. The molecule has 1 aromatic carbocycles. The molecule has 0 atom stereocenters. The fourth-order valence-electron chi connectivity index (χ4n) is 1.13. The Balaban J connectivity index is 2.64. The minimum atomic E-state index is -1.80. The van der Waals surface area contributed by atoms with Crippen molar-refractivity contribution in [1.82, 2.24) is 0 Å². The zero-order valence-corrected chi connectivity index (χ0v) is 10.6. The van der Waals surface area contributed by atoms with Gasteiger partial charge in [-0.1, -0.05) is 18.2 Å². The van der Waals surface area contributed by atoms with Gasteiger partial charge in [-0.3, -0.25) is 5.32 Å². The number of carbonyl (C=O) groups excluding carboxylic acids is 1. The zero-order valence-electron chi connectivity index (χ0n) is 9.63. The number of carbonyl (C=O) groups is 1. The summed E-state index contributed by atoms with van der Waals surface area (Å²) in [5.41, 5.74) is 1.84. The predicted molar refractivity (Wildman–Crippen MR) is 64.6 cm³/mol. The van der Waals surface area contributed by atoms with Crippen molar-refractivity contribution in [3.63, 3.8) is 0 Å². The molecule has 0 unspecified atom stereocenters. The van der Waals surface area contributed by atoms with Crippen molar-refractivity contribution in [2.24, 2.45) is 0 Å². The first kappa shape index (κ1) is 11.8. The van der Waals surface area contributed by atoms with Crippen LogP contribution in [-0.4, -0.2) is 14.4 Å². The van der Waals surface area contributed by atoms with E-state index >= 15 is 0 Å². The summed E-state index contributed by atoms with van der Waals surface area (Å²) >= 11 is 0. The standard InChI is InChI=1S/C11H17NO2Si/c1-9-7-5-6-8-10(9)12-11(13)14-15(2,3)4/h5-8H,1-4H3,(H,12,13). The highest BCUT2D eigenvalue weighted by Crippen LogP contribution is 2.14. The molecular weight excluding hydrogens is 206 g/mol. The van der Waals surface area contributed by atoms with Crippen LogP contribution in [0, 0.1) is 6.92 Å². The van der Waals surface area contributed by atoms with Gasteiger partial charge in [0.15, 0.2) is 0 Å². The minimum absolute atomic E-state index is 0.358. The van der Waals surface area contributed by atoms with E-state index in [4.69, 9.17) is 4.43 Å². The van der Waals surface area contributed by atoms with E-state index in [1.165, 1.54) is 0 Å². The average molecular weight is 223 g/mol. The molecule has 82 valence electrons. The van der Waals surface area contributed by atoms with Gasteiger partial charge in [-0.05, 0) is 38.2 Å². The minimum Gasteiger partial charge on any atom is -0.504 e. The van der Waals surface area contributed by atoms with E-state index in [1.54, 1.807) is 0 Å². The van der Waals surface area contributed by atoms with Crippen molar-refractivity contribution in [3.05, 3.63) is 29.8 Å². The highest BCUT2D eigenvalue weighted by atomic mass is 28.4. The van der Waals surface area contributed by atoms with Gasteiger partial charge in [-0.15, -0.1) is 0 Å². The highest BCUT2D eigenvalue weighted by molar-refractivity contribution is 6.71. The van der Waals surface area contributed by atoms with Crippen molar-refractivity contribution in [1.29, 1.82) is 0 Å². The summed E-state index contributed by atoms with van der Waals surface area (Å²) in [5, 5.41) is 2.74. The molecule has 3 nitrogen and oxygen atoms in total.